The minimum Gasteiger partial charge on any atom is -0.857 e. The number of nitrogens with zero attached hydrogens (tertiary/aromatic N) is 4. The van der Waals surface area contributed by atoms with Crippen LogP contribution in [-0.2, 0) is 6.18 Å². The normalized spacial score (nSPS) is 12.9. The van der Waals surface area contributed by atoms with Crippen molar-refractivity contribution in [2.75, 3.05) is 5.73 Å². The maximum Gasteiger partial charge on any atom is 0.417 e. The predicted octanol–water partition coefficient (Wildman–Crippen LogP) is 3.92. The van der Waals surface area contributed by atoms with Crippen LogP contribution in [-0.4, -0.2) is 16.2 Å². The zero-order valence-corrected chi connectivity index (χ0v) is 17.2. The number of aromatic nitrogens is 3. The second-order valence-corrected chi connectivity index (χ2v) is 8.53. The van der Waals surface area contributed by atoms with Crippen LogP contribution < -0.4 is 15.5 Å². The van der Waals surface area contributed by atoms with Crippen molar-refractivity contribution in [2.24, 2.45) is 4.99 Å². The number of aliphatic imine (C=N–C) groups is 1. The van der Waals surface area contributed by atoms with E-state index in [1.807, 2.05) is 13.8 Å². The number of thiophene rings is 2. The number of alkyl halides is 3. The summed E-state index contributed by atoms with van der Waals surface area (Å²) in [6.07, 6.45) is -3.26. The predicted molar refractivity (Wildman–Crippen MR) is 106 cm³/mol. The van der Waals surface area contributed by atoms with E-state index in [0.29, 0.717) is 4.88 Å². The Hall–Kier alpha value is -2.99. The van der Waals surface area contributed by atoms with Crippen molar-refractivity contribution in [1.82, 2.24) is 10.3 Å². The average molecular weight is 453 g/mol. The lowest BCUT2D eigenvalue weighted by Gasteiger charge is -2.11. The molecule has 0 spiro atoms. The fraction of sp³-hybridized carbons (Fsp3) is 0.222. The molecule has 4 aromatic heterocycles. The van der Waals surface area contributed by atoms with E-state index < -0.39 is 17.6 Å². The van der Waals surface area contributed by atoms with Gasteiger partial charge >= 0.3 is 12.1 Å². The molecule has 0 saturated carbocycles. The first-order chi connectivity index (χ1) is 14.1. The van der Waals surface area contributed by atoms with Gasteiger partial charge in [-0.15, -0.1) is 22.7 Å². The molecule has 156 valence electrons. The minimum absolute atomic E-state index is 0.0130. The van der Waals surface area contributed by atoms with Gasteiger partial charge in [-0.25, -0.2) is 9.98 Å². The summed E-state index contributed by atoms with van der Waals surface area (Å²) < 4.78 is 47.7. The molecular formula is C18H14F3N5O2S2. The third-order valence-electron chi connectivity index (χ3n) is 4.18. The molecule has 4 heterocycles. The van der Waals surface area contributed by atoms with Crippen molar-refractivity contribution >= 4 is 50.4 Å². The summed E-state index contributed by atoms with van der Waals surface area (Å²) in [5, 5.41) is 17.8. The Morgan fingerprint density at radius 3 is 2.73 bits per heavy atom. The fourth-order valence-electron chi connectivity index (χ4n) is 2.75. The summed E-state index contributed by atoms with van der Waals surface area (Å²) in [6.45, 7) is 3.71. The van der Waals surface area contributed by atoms with E-state index in [4.69, 9.17) is 10.3 Å². The van der Waals surface area contributed by atoms with Gasteiger partial charge in [-0.3, -0.25) is 4.52 Å². The average Bonchev–Trinajstić information content (AvgIpc) is 3.40. The summed E-state index contributed by atoms with van der Waals surface area (Å²) in [5.41, 5.74) is 4.86. The summed E-state index contributed by atoms with van der Waals surface area (Å²) >= 11 is 2.03. The van der Waals surface area contributed by atoms with Gasteiger partial charge in [0.15, 0.2) is 6.04 Å². The molecule has 7 nitrogen and oxygen atoms in total. The van der Waals surface area contributed by atoms with Gasteiger partial charge in [0, 0.05) is 11.3 Å². The van der Waals surface area contributed by atoms with Gasteiger partial charge in [0.25, 0.3) is 6.20 Å². The molecule has 0 amide bonds. The zero-order valence-electron chi connectivity index (χ0n) is 15.6. The lowest BCUT2D eigenvalue weighted by molar-refractivity contribution is -0.779. The van der Waals surface area contributed by atoms with Crippen molar-refractivity contribution in [1.29, 1.82) is 0 Å². The number of fused-ring (bicyclic) bond motifs is 1. The van der Waals surface area contributed by atoms with E-state index in [1.54, 1.807) is 17.5 Å². The van der Waals surface area contributed by atoms with E-state index in [1.165, 1.54) is 22.2 Å². The Balaban J connectivity index is 1.87. The Labute approximate surface area is 175 Å². The summed E-state index contributed by atoms with van der Waals surface area (Å²) in [7, 11) is 0. The molecule has 0 saturated heterocycles. The second kappa shape index (κ2) is 7.36. The lowest BCUT2D eigenvalue weighted by Crippen LogP contribution is -2.36. The number of nitrogens with two attached hydrogens (primary N) is 1. The van der Waals surface area contributed by atoms with Crippen LogP contribution in [0.15, 0.2) is 39.3 Å². The van der Waals surface area contributed by atoms with Gasteiger partial charge in [-0.2, -0.15) is 13.2 Å². The van der Waals surface area contributed by atoms with Gasteiger partial charge < -0.3 is 10.8 Å². The summed E-state index contributed by atoms with van der Waals surface area (Å²) in [5.74, 6) is -0.901. The van der Waals surface area contributed by atoms with Crippen LogP contribution in [0.2, 0.25) is 0 Å². The van der Waals surface area contributed by atoms with Crippen LogP contribution >= 0.6 is 22.7 Å². The standard InChI is InChI=1S/C18H14F3N5O2S2/c1-8(2)26-7-12(28-25-26)24-16(27)15-14(22)13-9(18(19,20)21)6-10(23-17(13)30-15)11-4-3-5-29-11/h3-8H,1-2H3,(H2-,22,24,25,27). The Bertz CT molecular complexity index is 1240. The molecule has 0 bridgehead atoms. The number of anilines is 1. The lowest BCUT2D eigenvalue weighted by atomic mass is 10.1. The topological polar surface area (TPSA) is 104 Å². The molecule has 2 N–H and O–H groups in total. The highest BCUT2D eigenvalue weighted by Gasteiger charge is 2.36. The summed E-state index contributed by atoms with van der Waals surface area (Å²) in [6, 6.07) is 4.32. The monoisotopic (exact) mass is 453 g/mol. The minimum atomic E-state index is -4.67. The molecule has 0 aliphatic rings. The van der Waals surface area contributed by atoms with E-state index in [2.05, 4.69) is 15.2 Å². The molecule has 0 atom stereocenters. The van der Waals surface area contributed by atoms with E-state index in [0.717, 1.165) is 17.4 Å². The first kappa shape index (κ1) is 20.3. The van der Waals surface area contributed by atoms with E-state index >= 15 is 0 Å². The molecule has 0 radical (unpaired) electrons. The number of pyridine rings is 1. The van der Waals surface area contributed by atoms with Gasteiger partial charge in [-0.05, 0) is 36.0 Å². The summed E-state index contributed by atoms with van der Waals surface area (Å²) in [4.78, 5) is 8.54. The molecule has 0 aromatic carbocycles. The SMILES string of the molecule is CC(C)[n+]1cc(/N=C(\[O-])c2sc3nc(-c4cccs4)cc(C(F)(F)F)c3c2N)on1. The van der Waals surface area contributed by atoms with Crippen molar-refractivity contribution < 1.29 is 27.5 Å². The van der Waals surface area contributed by atoms with Crippen molar-refractivity contribution in [3.63, 3.8) is 0 Å². The number of hydrogen-bond acceptors (Lipinski definition) is 8. The van der Waals surface area contributed by atoms with Crippen LogP contribution in [0.3, 0.4) is 0 Å². The molecule has 30 heavy (non-hydrogen) atoms. The van der Waals surface area contributed by atoms with Crippen LogP contribution in [0.4, 0.5) is 24.7 Å². The highest BCUT2D eigenvalue weighted by atomic mass is 32.1. The largest absolute Gasteiger partial charge is 0.857 e. The highest BCUT2D eigenvalue weighted by molar-refractivity contribution is 7.21. The molecule has 4 rings (SSSR count). The molecule has 0 unspecified atom stereocenters. The molecule has 0 aliphatic carbocycles. The van der Waals surface area contributed by atoms with E-state index in [9.17, 15) is 18.3 Å². The van der Waals surface area contributed by atoms with Crippen LogP contribution in [0.5, 0.6) is 0 Å². The van der Waals surface area contributed by atoms with Crippen molar-refractivity contribution in [3.8, 4) is 10.6 Å². The third-order valence-corrected chi connectivity index (χ3v) is 6.16. The van der Waals surface area contributed by atoms with Crippen LogP contribution in [0.25, 0.3) is 20.8 Å². The fourth-order valence-corrected chi connectivity index (χ4v) is 4.44. The van der Waals surface area contributed by atoms with Gasteiger partial charge in [0.2, 0.25) is 5.27 Å². The first-order valence-electron chi connectivity index (χ1n) is 8.63. The number of rotatable bonds is 4. The number of halogens is 3. The first-order valence-corrected chi connectivity index (χ1v) is 10.3. The Kier molecular flexibility index (Phi) is 4.98. The quantitative estimate of drug-likeness (QED) is 0.287. The second-order valence-electron chi connectivity index (χ2n) is 6.59. The highest BCUT2D eigenvalue weighted by Crippen LogP contribution is 2.43. The molecule has 4 aromatic rings. The number of hydrogen-bond donors (Lipinski definition) is 1. The Morgan fingerprint density at radius 2 is 2.13 bits per heavy atom. The third kappa shape index (κ3) is 3.63. The Morgan fingerprint density at radius 1 is 1.37 bits per heavy atom. The van der Waals surface area contributed by atoms with Gasteiger partial charge in [0.1, 0.15) is 4.83 Å². The van der Waals surface area contributed by atoms with Gasteiger partial charge in [0.05, 0.1) is 26.7 Å². The molecule has 0 aliphatic heterocycles. The maximum absolute atomic E-state index is 13.7. The smallest absolute Gasteiger partial charge is 0.417 e. The molecule has 12 heteroatoms. The zero-order chi connectivity index (χ0) is 21.6. The molecular weight excluding hydrogens is 439 g/mol. The number of nitrogen functional groups attached to an aromatic ring is 1. The van der Waals surface area contributed by atoms with Crippen molar-refractivity contribution in [3.05, 3.63) is 40.2 Å². The molecule has 0 fully saturated rings. The van der Waals surface area contributed by atoms with Crippen LogP contribution in [0.1, 0.15) is 30.3 Å². The van der Waals surface area contributed by atoms with E-state index in [-0.39, 0.29) is 38.4 Å². The van der Waals surface area contributed by atoms with Crippen LogP contribution in [0, 0.1) is 0 Å². The van der Waals surface area contributed by atoms with Crippen molar-refractivity contribution in [2.45, 2.75) is 26.1 Å². The maximum atomic E-state index is 13.7. The van der Waals surface area contributed by atoms with Gasteiger partial charge in [-0.1, -0.05) is 6.07 Å².